The monoisotopic (exact) mass is 505 g/mol. The van der Waals surface area contributed by atoms with E-state index in [1.807, 2.05) is 32.0 Å². The normalized spacial score (nSPS) is 17.2. The van der Waals surface area contributed by atoms with Crippen molar-refractivity contribution in [2.24, 2.45) is 5.73 Å². The number of aryl methyl sites for hydroxylation is 1. The van der Waals surface area contributed by atoms with Gasteiger partial charge in [0.1, 0.15) is 5.65 Å². The number of nitrogens with zero attached hydrogens (tertiary/aromatic N) is 5. The van der Waals surface area contributed by atoms with Crippen LogP contribution in [0.25, 0.3) is 33.4 Å². The molecule has 5 rings (SSSR count). The largest absolute Gasteiger partial charge is 0.376 e. The minimum atomic E-state index is -0.192. The van der Waals surface area contributed by atoms with Crippen molar-refractivity contribution in [3.8, 4) is 22.4 Å². The number of fused-ring (bicyclic) bond motifs is 1. The summed E-state index contributed by atoms with van der Waals surface area (Å²) in [5.41, 5.74) is 9.68. The van der Waals surface area contributed by atoms with Crippen LogP contribution in [0, 0.1) is 6.92 Å². The Morgan fingerprint density at radius 3 is 2.72 bits per heavy atom. The number of benzene rings is 1. The number of rotatable bonds is 8. The number of hydrogen-bond donors (Lipinski definition) is 2. The first-order valence-corrected chi connectivity index (χ1v) is 12.4. The van der Waals surface area contributed by atoms with Crippen LogP contribution in [0.15, 0.2) is 47.7 Å². The van der Waals surface area contributed by atoms with E-state index in [4.69, 9.17) is 22.1 Å². The van der Waals surface area contributed by atoms with Gasteiger partial charge in [0.15, 0.2) is 0 Å². The molecule has 0 unspecified atom stereocenters. The predicted octanol–water partition coefficient (Wildman–Crippen LogP) is 3.82. The molecule has 0 atom stereocenters. The van der Waals surface area contributed by atoms with E-state index in [1.165, 1.54) is 0 Å². The predicted molar refractivity (Wildman–Crippen MR) is 141 cm³/mol. The van der Waals surface area contributed by atoms with Gasteiger partial charge in [-0.25, -0.2) is 9.97 Å². The highest BCUT2D eigenvalue weighted by atomic mass is 35.5. The van der Waals surface area contributed by atoms with Crippen molar-refractivity contribution < 1.29 is 4.74 Å². The fraction of sp³-hybridized carbons (Fsp3) is 0.346. The maximum atomic E-state index is 13.7. The lowest BCUT2D eigenvalue weighted by Crippen LogP contribution is -2.42. The summed E-state index contributed by atoms with van der Waals surface area (Å²) >= 11 is 6.71. The van der Waals surface area contributed by atoms with E-state index in [-0.39, 0.29) is 17.7 Å². The third-order valence-electron chi connectivity index (χ3n) is 6.27. The van der Waals surface area contributed by atoms with E-state index in [1.54, 1.807) is 29.2 Å². The molecule has 186 valence electrons. The molecule has 1 fully saturated rings. The zero-order valence-electron chi connectivity index (χ0n) is 20.2. The zero-order chi connectivity index (χ0) is 25.2. The number of nitrogens with one attached hydrogen (secondary N) is 1. The van der Waals surface area contributed by atoms with Gasteiger partial charge in [0, 0.05) is 52.1 Å². The molecule has 3 aromatic heterocycles. The summed E-state index contributed by atoms with van der Waals surface area (Å²) in [6.07, 6.45) is 6.93. The fourth-order valence-corrected chi connectivity index (χ4v) is 4.63. The minimum absolute atomic E-state index is 0.142. The van der Waals surface area contributed by atoms with E-state index < -0.39 is 0 Å². The van der Waals surface area contributed by atoms with Crippen molar-refractivity contribution in [1.82, 2.24) is 24.5 Å². The Hall–Kier alpha value is -3.40. The van der Waals surface area contributed by atoms with E-state index in [0.717, 1.165) is 35.2 Å². The van der Waals surface area contributed by atoms with Crippen LogP contribution in [0.5, 0.6) is 0 Å². The average molecular weight is 506 g/mol. The van der Waals surface area contributed by atoms with Crippen LogP contribution in [0.3, 0.4) is 0 Å². The third kappa shape index (κ3) is 4.95. The van der Waals surface area contributed by atoms with E-state index >= 15 is 0 Å². The third-order valence-corrected chi connectivity index (χ3v) is 6.58. The Balaban J connectivity index is 1.54. The van der Waals surface area contributed by atoms with Gasteiger partial charge in [-0.3, -0.25) is 14.3 Å². The van der Waals surface area contributed by atoms with Gasteiger partial charge in [-0.05, 0) is 38.8 Å². The number of anilines is 1. The maximum Gasteiger partial charge on any atom is 0.260 e. The number of halogens is 1. The van der Waals surface area contributed by atoms with Crippen LogP contribution in [0.4, 0.5) is 5.95 Å². The summed E-state index contributed by atoms with van der Waals surface area (Å²) < 4.78 is 7.58. The van der Waals surface area contributed by atoms with E-state index in [2.05, 4.69) is 25.3 Å². The second-order valence-electron chi connectivity index (χ2n) is 8.98. The summed E-state index contributed by atoms with van der Waals surface area (Å²) in [6.45, 7) is 5.26. The molecule has 0 radical (unpaired) electrons. The van der Waals surface area contributed by atoms with Crippen LogP contribution in [-0.2, 0) is 11.3 Å². The van der Waals surface area contributed by atoms with Crippen molar-refractivity contribution in [2.45, 2.75) is 45.4 Å². The summed E-state index contributed by atoms with van der Waals surface area (Å²) in [5.74, 6) is 0.471. The molecule has 0 saturated heterocycles. The SMILES string of the molecule is CCNc1ncc2cc(-c3ccc(-c4cncc(C)n4)cc3Cl)c(=O)n(CCOC3CC(N)C3)c2n1. The number of nitrogens with two attached hydrogens (primary N) is 1. The molecule has 0 aliphatic heterocycles. The first-order chi connectivity index (χ1) is 17.4. The van der Waals surface area contributed by atoms with Crippen LogP contribution in [-0.4, -0.2) is 49.8 Å². The highest BCUT2D eigenvalue weighted by Crippen LogP contribution is 2.31. The molecule has 3 heterocycles. The number of aromatic nitrogens is 5. The summed E-state index contributed by atoms with van der Waals surface area (Å²) in [5, 5.41) is 4.30. The fourth-order valence-electron chi connectivity index (χ4n) is 4.35. The lowest BCUT2D eigenvalue weighted by Gasteiger charge is -2.32. The van der Waals surface area contributed by atoms with Crippen molar-refractivity contribution >= 4 is 28.6 Å². The Kier molecular flexibility index (Phi) is 6.95. The molecule has 0 bridgehead atoms. The van der Waals surface area contributed by atoms with Crippen LogP contribution < -0.4 is 16.6 Å². The van der Waals surface area contributed by atoms with E-state index in [0.29, 0.717) is 47.4 Å². The minimum Gasteiger partial charge on any atom is -0.376 e. The Labute approximate surface area is 213 Å². The summed E-state index contributed by atoms with van der Waals surface area (Å²) in [6, 6.07) is 7.54. The second kappa shape index (κ2) is 10.3. The summed E-state index contributed by atoms with van der Waals surface area (Å²) in [7, 11) is 0. The average Bonchev–Trinajstić information content (AvgIpc) is 2.84. The Morgan fingerprint density at radius 2 is 2.00 bits per heavy atom. The molecule has 0 spiro atoms. The lowest BCUT2D eigenvalue weighted by atomic mass is 9.90. The Bertz CT molecular complexity index is 1470. The quantitative estimate of drug-likeness (QED) is 0.371. The van der Waals surface area contributed by atoms with Crippen molar-refractivity contribution in [3.63, 3.8) is 0 Å². The molecule has 9 nitrogen and oxygen atoms in total. The molecule has 36 heavy (non-hydrogen) atoms. The smallest absolute Gasteiger partial charge is 0.260 e. The van der Waals surface area contributed by atoms with Gasteiger partial charge in [-0.1, -0.05) is 23.7 Å². The molecule has 4 aromatic rings. The molecule has 1 saturated carbocycles. The molecule has 1 aliphatic rings. The number of hydrogen-bond acceptors (Lipinski definition) is 8. The second-order valence-corrected chi connectivity index (χ2v) is 9.39. The van der Waals surface area contributed by atoms with Gasteiger partial charge >= 0.3 is 0 Å². The summed E-state index contributed by atoms with van der Waals surface area (Å²) in [4.78, 5) is 31.5. The van der Waals surface area contributed by atoms with Gasteiger partial charge < -0.3 is 15.8 Å². The standard InChI is InChI=1S/C26H28ClN7O2/c1-3-30-26-31-13-17-8-21(20-5-4-16(9-22(20)27)23-14-29-12-15(2)32-23)25(35)34(24(17)33-26)6-7-36-19-10-18(28)11-19/h4-5,8-9,12-14,18-19H,3,6-7,10-11,28H2,1-2H3,(H,30,31,33). The molecule has 0 amide bonds. The van der Waals surface area contributed by atoms with Crippen molar-refractivity contribution in [2.75, 3.05) is 18.5 Å². The Morgan fingerprint density at radius 1 is 1.17 bits per heavy atom. The lowest BCUT2D eigenvalue weighted by molar-refractivity contribution is -0.0116. The topological polar surface area (TPSA) is 121 Å². The molecule has 10 heteroatoms. The van der Waals surface area contributed by atoms with Crippen LogP contribution in [0.2, 0.25) is 5.02 Å². The van der Waals surface area contributed by atoms with Crippen LogP contribution in [0.1, 0.15) is 25.5 Å². The van der Waals surface area contributed by atoms with Crippen molar-refractivity contribution in [3.05, 3.63) is 63.9 Å². The molecular formula is C26H28ClN7O2. The van der Waals surface area contributed by atoms with Gasteiger partial charge in [-0.2, -0.15) is 4.98 Å². The molecule has 3 N–H and O–H groups in total. The van der Waals surface area contributed by atoms with Gasteiger partial charge in [-0.15, -0.1) is 0 Å². The maximum absolute atomic E-state index is 13.7. The molecular weight excluding hydrogens is 478 g/mol. The van der Waals surface area contributed by atoms with Gasteiger partial charge in [0.05, 0.1) is 36.8 Å². The zero-order valence-corrected chi connectivity index (χ0v) is 21.0. The highest BCUT2D eigenvalue weighted by molar-refractivity contribution is 6.33. The number of ether oxygens (including phenoxy) is 1. The molecule has 1 aliphatic carbocycles. The number of pyridine rings is 1. The van der Waals surface area contributed by atoms with Crippen molar-refractivity contribution in [1.29, 1.82) is 0 Å². The first-order valence-electron chi connectivity index (χ1n) is 12.0. The first kappa shape index (κ1) is 24.3. The van der Waals surface area contributed by atoms with E-state index in [9.17, 15) is 4.79 Å². The van der Waals surface area contributed by atoms with Crippen LogP contribution >= 0.6 is 11.6 Å². The molecule has 1 aromatic carbocycles. The highest BCUT2D eigenvalue weighted by Gasteiger charge is 2.26. The van der Waals surface area contributed by atoms with Gasteiger partial charge in [0.25, 0.3) is 5.56 Å². The van der Waals surface area contributed by atoms with Gasteiger partial charge in [0.2, 0.25) is 5.95 Å².